The lowest BCUT2D eigenvalue weighted by atomic mass is 9.94. The third-order valence-corrected chi connectivity index (χ3v) is 6.95. The van der Waals surface area contributed by atoms with Crippen LogP contribution < -0.4 is 10.6 Å². The van der Waals surface area contributed by atoms with Crippen LogP contribution in [0, 0.1) is 20.8 Å². The molecule has 2 aromatic carbocycles. The van der Waals surface area contributed by atoms with E-state index in [1.807, 2.05) is 45.0 Å². The maximum atomic E-state index is 12.9. The van der Waals surface area contributed by atoms with Gasteiger partial charge in [0.25, 0.3) is 17.7 Å². The van der Waals surface area contributed by atoms with Crippen molar-refractivity contribution in [3.05, 3.63) is 74.9 Å². The molecular formula is C27H30ClN3O3. The highest BCUT2D eigenvalue weighted by molar-refractivity contribution is 6.47. The van der Waals surface area contributed by atoms with Gasteiger partial charge in [0.1, 0.15) is 10.7 Å². The molecule has 0 radical (unpaired) electrons. The average molecular weight is 480 g/mol. The summed E-state index contributed by atoms with van der Waals surface area (Å²) in [7, 11) is 0. The molecule has 3 amide bonds. The minimum atomic E-state index is -0.408. The Hall–Kier alpha value is -3.12. The summed E-state index contributed by atoms with van der Waals surface area (Å²) in [6.45, 7) is 6.31. The molecule has 2 aliphatic rings. The molecule has 0 atom stereocenters. The number of benzene rings is 2. The van der Waals surface area contributed by atoms with Crippen molar-refractivity contribution in [1.29, 1.82) is 0 Å². The number of aryl methyl sites for hydroxylation is 3. The first kappa shape index (κ1) is 24.0. The van der Waals surface area contributed by atoms with E-state index < -0.39 is 5.91 Å². The average Bonchev–Trinajstić information content (AvgIpc) is 3.03. The summed E-state index contributed by atoms with van der Waals surface area (Å²) in [5.41, 5.74) is 5.59. The van der Waals surface area contributed by atoms with Gasteiger partial charge in [0.2, 0.25) is 0 Å². The highest BCUT2D eigenvalue weighted by Crippen LogP contribution is 2.31. The molecule has 0 aromatic heterocycles. The van der Waals surface area contributed by atoms with Crippen molar-refractivity contribution in [3.63, 3.8) is 0 Å². The number of anilines is 1. The number of carbonyl (C=O) groups is 3. The molecule has 4 rings (SSSR count). The predicted octanol–water partition coefficient (Wildman–Crippen LogP) is 5.11. The fourth-order valence-corrected chi connectivity index (χ4v) is 5.11. The van der Waals surface area contributed by atoms with Crippen LogP contribution >= 0.6 is 11.6 Å². The summed E-state index contributed by atoms with van der Waals surface area (Å²) < 4.78 is 0. The van der Waals surface area contributed by atoms with Crippen LogP contribution in [0.2, 0.25) is 0 Å². The molecule has 2 N–H and O–H groups in total. The Morgan fingerprint density at radius 3 is 2.21 bits per heavy atom. The zero-order valence-corrected chi connectivity index (χ0v) is 20.6. The Morgan fingerprint density at radius 1 is 0.971 bits per heavy atom. The summed E-state index contributed by atoms with van der Waals surface area (Å²) in [6, 6.07) is 11.2. The molecule has 0 saturated heterocycles. The summed E-state index contributed by atoms with van der Waals surface area (Å²) in [5, 5.41) is 6.00. The van der Waals surface area contributed by atoms with Crippen molar-refractivity contribution in [2.24, 2.45) is 0 Å². The number of imide groups is 1. The highest BCUT2D eigenvalue weighted by atomic mass is 35.5. The summed E-state index contributed by atoms with van der Waals surface area (Å²) in [4.78, 5) is 39.6. The van der Waals surface area contributed by atoms with Gasteiger partial charge in [-0.1, -0.05) is 60.7 Å². The van der Waals surface area contributed by atoms with Crippen molar-refractivity contribution in [1.82, 2.24) is 10.2 Å². The first-order valence-electron chi connectivity index (χ1n) is 11.8. The Balaban J connectivity index is 1.39. The van der Waals surface area contributed by atoms with Crippen LogP contribution in [0.25, 0.3) is 0 Å². The molecule has 2 aromatic rings. The van der Waals surface area contributed by atoms with Crippen molar-refractivity contribution in [2.75, 3.05) is 5.32 Å². The number of carbonyl (C=O) groups excluding carboxylic acids is 3. The van der Waals surface area contributed by atoms with E-state index in [2.05, 4.69) is 10.6 Å². The zero-order valence-electron chi connectivity index (χ0n) is 19.8. The van der Waals surface area contributed by atoms with Crippen LogP contribution in [0.3, 0.4) is 0 Å². The molecule has 0 unspecified atom stereocenters. The zero-order chi connectivity index (χ0) is 24.4. The van der Waals surface area contributed by atoms with E-state index >= 15 is 0 Å². The van der Waals surface area contributed by atoms with Crippen LogP contribution in [0.4, 0.5) is 5.69 Å². The highest BCUT2D eigenvalue weighted by Gasteiger charge is 2.41. The molecule has 6 nitrogen and oxygen atoms in total. The van der Waals surface area contributed by atoms with Gasteiger partial charge in [-0.15, -0.1) is 0 Å². The normalized spacial score (nSPS) is 16.9. The Bertz CT molecular complexity index is 1140. The van der Waals surface area contributed by atoms with Crippen molar-refractivity contribution in [2.45, 2.75) is 65.5 Å². The lowest BCUT2D eigenvalue weighted by Crippen LogP contribution is -2.43. The van der Waals surface area contributed by atoms with Gasteiger partial charge in [0, 0.05) is 23.8 Å². The van der Waals surface area contributed by atoms with Crippen LogP contribution in [-0.2, 0) is 16.1 Å². The molecule has 1 saturated carbocycles. The van der Waals surface area contributed by atoms with Crippen LogP contribution in [0.15, 0.2) is 47.1 Å². The van der Waals surface area contributed by atoms with E-state index in [1.165, 1.54) is 4.90 Å². The van der Waals surface area contributed by atoms with E-state index in [1.54, 1.807) is 12.1 Å². The Labute approximate surface area is 205 Å². The molecule has 0 spiro atoms. The Kier molecular flexibility index (Phi) is 7.08. The second-order valence-electron chi connectivity index (χ2n) is 9.24. The van der Waals surface area contributed by atoms with Gasteiger partial charge in [-0.2, -0.15) is 0 Å². The Morgan fingerprint density at radius 2 is 1.59 bits per heavy atom. The molecule has 1 aliphatic carbocycles. The molecule has 1 aliphatic heterocycles. The summed E-state index contributed by atoms with van der Waals surface area (Å²) in [6.07, 6.45) is 4.84. The van der Waals surface area contributed by atoms with Gasteiger partial charge in [-0.3, -0.25) is 19.3 Å². The lowest BCUT2D eigenvalue weighted by molar-refractivity contribution is -0.140. The fraction of sp³-hybridized carbons (Fsp3) is 0.370. The molecule has 1 heterocycles. The maximum Gasteiger partial charge on any atom is 0.278 e. The standard InChI is InChI=1S/C27H30ClN3O3/c1-16-13-17(2)23(18(3)14-16)30-25(32)20-11-9-19(10-12-20)15-29-24-22(28)26(33)31(27(24)34)21-7-5-4-6-8-21/h9-14,21,29H,4-8,15H2,1-3H3,(H,30,32). The maximum absolute atomic E-state index is 12.9. The largest absolute Gasteiger partial charge is 0.375 e. The number of hydrogen-bond acceptors (Lipinski definition) is 4. The molecule has 0 bridgehead atoms. The topological polar surface area (TPSA) is 78.5 Å². The smallest absolute Gasteiger partial charge is 0.278 e. The second kappa shape index (κ2) is 10.0. The number of halogens is 1. The third-order valence-electron chi connectivity index (χ3n) is 6.60. The van der Waals surface area contributed by atoms with Crippen LogP contribution in [0.1, 0.15) is 64.7 Å². The lowest BCUT2D eigenvalue weighted by Gasteiger charge is -2.29. The summed E-state index contributed by atoms with van der Waals surface area (Å²) in [5.74, 6) is -0.934. The van der Waals surface area contributed by atoms with E-state index in [0.717, 1.165) is 60.0 Å². The van der Waals surface area contributed by atoms with E-state index in [0.29, 0.717) is 12.1 Å². The van der Waals surface area contributed by atoms with Crippen molar-refractivity contribution < 1.29 is 14.4 Å². The SMILES string of the molecule is Cc1cc(C)c(NC(=O)c2ccc(CNC3=C(Cl)C(=O)N(C4CCCCC4)C3=O)cc2)c(C)c1. The summed E-state index contributed by atoms with van der Waals surface area (Å²) >= 11 is 6.23. The quantitative estimate of drug-likeness (QED) is 0.564. The molecule has 34 heavy (non-hydrogen) atoms. The molecule has 1 fully saturated rings. The van der Waals surface area contributed by atoms with Crippen molar-refractivity contribution >= 4 is 35.0 Å². The predicted molar refractivity (Wildman–Crippen MR) is 133 cm³/mol. The molecular weight excluding hydrogens is 450 g/mol. The van der Waals surface area contributed by atoms with E-state index in [4.69, 9.17) is 11.6 Å². The third kappa shape index (κ3) is 4.87. The van der Waals surface area contributed by atoms with Gasteiger partial charge >= 0.3 is 0 Å². The van der Waals surface area contributed by atoms with Gasteiger partial charge in [0.15, 0.2) is 0 Å². The first-order valence-corrected chi connectivity index (χ1v) is 12.1. The number of nitrogens with one attached hydrogen (secondary N) is 2. The minimum absolute atomic E-state index is 0.0459. The number of amides is 3. The van der Waals surface area contributed by atoms with Gasteiger partial charge < -0.3 is 10.6 Å². The second-order valence-corrected chi connectivity index (χ2v) is 9.62. The minimum Gasteiger partial charge on any atom is -0.375 e. The monoisotopic (exact) mass is 479 g/mol. The number of hydrogen-bond donors (Lipinski definition) is 2. The van der Waals surface area contributed by atoms with Gasteiger partial charge in [-0.05, 0) is 62.4 Å². The van der Waals surface area contributed by atoms with Crippen molar-refractivity contribution in [3.8, 4) is 0 Å². The van der Waals surface area contributed by atoms with E-state index in [-0.39, 0.29) is 28.6 Å². The van der Waals surface area contributed by atoms with Gasteiger partial charge in [-0.25, -0.2) is 0 Å². The fourth-order valence-electron chi connectivity index (χ4n) is 4.87. The molecule has 178 valence electrons. The van der Waals surface area contributed by atoms with E-state index in [9.17, 15) is 14.4 Å². The first-order chi connectivity index (χ1) is 16.3. The molecule has 7 heteroatoms. The van der Waals surface area contributed by atoms with Crippen LogP contribution in [-0.4, -0.2) is 28.7 Å². The number of nitrogens with zero attached hydrogens (tertiary/aromatic N) is 1. The van der Waals surface area contributed by atoms with Crippen LogP contribution in [0.5, 0.6) is 0 Å². The number of rotatable bonds is 6. The van der Waals surface area contributed by atoms with Gasteiger partial charge in [0.05, 0.1) is 0 Å².